The first-order valence-corrected chi connectivity index (χ1v) is 5.87. The molecule has 2 unspecified atom stereocenters. The van der Waals surface area contributed by atoms with Crippen LogP contribution in [-0.2, 0) is 4.74 Å². The number of aliphatic hydroxyl groups excluding tert-OH is 1. The van der Waals surface area contributed by atoms with Gasteiger partial charge in [-0.15, -0.1) is 11.6 Å². The first-order valence-electron chi connectivity index (χ1n) is 5.34. The molecule has 1 saturated heterocycles. The fourth-order valence-electron chi connectivity index (χ4n) is 1.90. The average Bonchev–Trinajstić information content (AvgIpc) is 2.19. The Kier molecular flexibility index (Phi) is 5.78. The van der Waals surface area contributed by atoms with Crippen molar-refractivity contribution in [3.8, 4) is 0 Å². The molecule has 0 aromatic carbocycles. The van der Waals surface area contributed by atoms with Gasteiger partial charge < -0.3 is 9.84 Å². The first-order chi connectivity index (χ1) is 6.76. The van der Waals surface area contributed by atoms with Crippen molar-refractivity contribution >= 4 is 11.6 Å². The van der Waals surface area contributed by atoms with Gasteiger partial charge in [0, 0.05) is 25.6 Å². The fourth-order valence-corrected chi connectivity index (χ4v) is 2.00. The molecule has 0 spiro atoms. The summed E-state index contributed by atoms with van der Waals surface area (Å²) in [5.41, 5.74) is 0. The van der Waals surface area contributed by atoms with E-state index >= 15 is 0 Å². The second-order valence-electron chi connectivity index (χ2n) is 3.79. The van der Waals surface area contributed by atoms with Gasteiger partial charge in [0.15, 0.2) is 0 Å². The molecule has 1 aliphatic rings. The smallest absolute Gasteiger partial charge is 0.0802 e. The molecule has 0 aromatic rings. The summed E-state index contributed by atoms with van der Waals surface area (Å²) in [5, 5.41) is 9.41. The summed E-state index contributed by atoms with van der Waals surface area (Å²) in [6.07, 6.45) is 2.23. The molecule has 4 heteroatoms. The van der Waals surface area contributed by atoms with Crippen molar-refractivity contribution in [1.82, 2.24) is 4.90 Å². The number of alkyl halides is 1. The van der Waals surface area contributed by atoms with Gasteiger partial charge in [-0.3, -0.25) is 4.90 Å². The summed E-state index contributed by atoms with van der Waals surface area (Å²) in [5.74, 6) is 0.315. The van der Waals surface area contributed by atoms with Gasteiger partial charge in [-0.25, -0.2) is 0 Å². The number of aliphatic hydroxyl groups is 1. The molecule has 0 amide bonds. The minimum atomic E-state index is -0.406. The van der Waals surface area contributed by atoms with E-state index in [2.05, 4.69) is 4.90 Å². The van der Waals surface area contributed by atoms with Crippen LogP contribution in [0, 0.1) is 0 Å². The van der Waals surface area contributed by atoms with E-state index in [4.69, 9.17) is 16.3 Å². The van der Waals surface area contributed by atoms with Crippen LogP contribution in [0.25, 0.3) is 0 Å². The number of ether oxygens (including phenoxy) is 1. The SMILES string of the molecule is CCOC1CCCN(CC(O)CCl)C1. The molecule has 1 rings (SSSR count). The summed E-state index contributed by atoms with van der Waals surface area (Å²) in [6.45, 7) is 5.45. The highest BCUT2D eigenvalue weighted by Crippen LogP contribution is 2.13. The van der Waals surface area contributed by atoms with Crippen molar-refractivity contribution in [3.63, 3.8) is 0 Å². The molecule has 0 aliphatic carbocycles. The largest absolute Gasteiger partial charge is 0.391 e. The Bertz CT molecular complexity index is 155. The molecule has 84 valence electrons. The zero-order valence-electron chi connectivity index (χ0n) is 8.79. The van der Waals surface area contributed by atoms with E-state index < -0.39 is 6.10 Å². The molecule has 0 aromatic heterocycles. The molecule has 0 radical (unpaired) electrons. The molecule has 1 heterocycles. The van der Waals surface area contributed by atoms with Crippen LogP contribution in [0.5, 0.6) is 0 Å². The lowest BCUT2D eigenvalue weighted by Gasteiger charge is -2.33. The standard InChI is InChI=1S/C10H20ClNO2/c1-2-14-10-4-3-5-12(8-10)7-9(13)6-11/h9-10,13H,2-8H2,1H3. The van der Waals surface area contributed by atoms with Gasteiger partial charge in [0.25, 0.3) is 0 Å². The van der Waals surface area contributed by atoms with E-state index in [9.17, 15) is 5.11 Å². The van der Waals surface area contributed by atoms with Crippen LogP contribution in [0.4, 0.5) is 0 Å². The Labute approximate surface area is 91.0 Å². The van der Waals surface area contributed by atoms with Gasteiger partial charge >= 0.3 is 0 Å². The molecule has 14 heavy (non-hydrogen) atoms. The second kappa shape index (κ2) is 6.62. The van der Waals surface area contributed by atoms with Gasteiger partial charge in [-0.2, -0.15) is 0 Å². The van der Waals surface area contributed by atoms with Gasteiger partial charge in [-0.05, 0) is 26.3 Å². The van der Waals surface area contributed by atoms with Gasteiger partial charge in [0.1, 0.15) is 0 Å². The maximum Gasteiger partial charge on any atom is 0.0802 e. The van der Waals surface area contributed by atoms with Crippen LogP contribution in [0.3, 0.4) is 0 Å². The number of nitrogens with zero attached hydrogens (tertiary/aromatic N) is 1. The first kappa shape index (κ1) is 12.2. The zero-order valence-corrected chi connectivity index (χ0v) is 9.54. The van der Waals surface area contributed by atoms with Crippen LogP contribution in [0.1, 0.15) is 19.8 Å². The highest BCUT2D eigenvalue weighted by Gasteiger charge is 2.21. The normalized spacial score (nSPS) is 26.4. The number of rotatable bonds is 5. The molecule has 1 N–H and O–H groups in total. The van der Waals surface area contributed by atoms with E-state index in [0.29, 0.717) is 18.5 Å². The average molecular weight is 222 g/mol. The summed E-state index contributed by atoms with van der Waals surface area (Å²) >= 11 is 5.56. The van der Waals surface area contributed by atoms with Crippen molar-refractivity contribution in [2.24, 2.45) is 0 Å². The molecule has 0 saturated carbocycles. The third-order valence-electron chi connectivity index (χ3n) is 2.51. The Balaban J connectivity index is 2.25. The monoisotopic (exact) mass is 221 g/mol. The van der Waals surface area contributed by atoms with Crippen LogP contribution in [-0.4, -0.2) is 54.3 Å². The summed E-state index contributed by atoms with van der Waals surface area (Å²) in [6, 6.07) is 0. The topological polar surface area (TPSA) is 32.7 Å². The number of β-amino-alcohol motifs (C(OH)–C–C–N with tert-alkyl or cyclic N) is 1. The minimum Gasteiger partial charge on any atom is -0.391 e. The molecular weight excluding hydrogens is 202 g/mol. The Hall–Kier alpha value is 0.170. The Morgan fingerprint density at radius 1 is 1.64 bits per heavy atom. The number of hydrogen-bond acceptors (Lipinski definition) is 3. The van der Waals surface area contributed by atoms with Crippen LogP contribution in [0.15, 0.2) is 0 Å². The second-order valence-corrected chi connectivity index (χ2v) is 4.10. The number of likely N-dealkylation sites (tertiary alicyclic amines) is 1. The van der Waals surface area contributed by atoms with Crippen molar-refractivity contribution < 1.29 is 9.84 Å². The number of halogens is 1. The molecule has 2 atom stereocenters. The van der Waals surface area contributed by atoms with E-state index in [1.54, 1.807) is 0 Å². The Morgan fingerprint density at radius 2 is 2.43 bits per heavy atom. The van der Waals surface area contributed by atoms with E-state index in [1.165, 1.54) is 0 Å². The van der Waals surface area contributed by atoms with Crippen LogP contribution in [0.2, 0.25) is 0 Å². The summed E-state index contributed by atoms with van der Waals surface area (Å²) < 4.78 is 5.57. The van der Waals surface area contributed by atoms with E-state index in [1.807, 2.05) is 6.92 Å². The Morgan fingerprint density at radius 3 is 3.07 bits per heavy atom. The third kappa shape index (κ3) is 4.13. The van der Waals surface area contributed by atoms with Gasteiger partial charge in [0.2, 0.25) is 0 Å². The molecule has 0 bridgehead atoms. The van der Waals surface area contributed by atoms with Crippen molar-refractivity contribution in [2.45, 2.75) is 32.0 Å². The lowest BCUT2D eigenvalue weighted by atomic mass is 10.1. The van der Waals surface area contributed by atoms with Gasteiger partial charge in [-0.1, -0.05) is 0 Å². The maximum absolute atomic E-state index is 9.41. The number of piperidine rings is 1. The summed E-state index contributed by atoms with van der Waals surface area (Å²) in [4.78, 5) is 2.23. The number of hydrogen-bond donors (Lipinski definition) is 1. The van der Waals surface area contributed by atoms with Crippen molar-refractivity contribution in [3.05, 3.63) is 0 Å². The third-order valence-corrected chi connectivity index (χ3v) is 2.87. The predicted molar refractivity (Wildman–Crippen MR) is 57.8 cm³/mol. The van der Waals surface area contributed by atoms with E-state index in [0.717, 1.165) is 32.5 Å². The van der Waals surface area contributed by atoms with Gasteiger partial charge in [0.05, 0.1) is 12.2 Å². The summed E-state index contributed by atoms with van der Waals surface area (Å²) in [7, 11) is 0. The quantitative estimate of drug-likeness (QED) is 0.706. The fraction of sp³-hybridized carbons (Fsp3) is 1.00. The van der Waals surface area contributed by atoms with Crippen LogP contribution >= 0.6 is 11.6 Å². The van der Waals surface area contributed by atoms with Crippen molar-refractivity contribution in [1.29, 1.82) is 0 Å². The van der Waals surface area contributed by atoms with Crippen LogP contribution < -0.4 is 0 Å². The lowest BCUT2D eigenvalue weighted by molar-refractivity contribution is -0.00453. The minimum absolute atomic E-state index is 0.315. The zero-order chi connectivity index (χ0) is 10.4. The highest BCUT2D eigenvalue weighted by molar-refractivity contribution is 6.18. The lowest BCUT2D eigenvalue weighted by Crippen LogP contribution is -2.43. The molecule has 1 aliphatic heterocycles. The highest BCUT2D eigenvalue weighted by atomic mass is 35.5. The molecule has 1 fully saturated rings. The predicted octanol–water partition coefficient (Wildman–Crippen LogP) is 1.09. The molecular formula is C10H20ClNO2. The molecule has 3 nitrogen and oxygen atoms in total. The maximum atomic E-state index is 9.41. The van der Waals surface area contributed by atoms with Crippen molar-refractivity contribution in [2.75, 3.05) is 32.1 Å². The van der Waals surface area contributed by atoms with E-state index in [-0.39, 0.29) is 0 Å².